The molecule has 2 aromatic carbocycles. The molecule has 0 fully saturated rings. The van der Waals surface area contributed by atoms with Gasteiger partial charge in [0, 0.05) is 5.69 Å². The second-order valence-electron chi connectivity index (χ2n) is 4.86. The van der Waals surface area contributed by atoms with Gasteiger partial charge in [0.15, 0.2) is 6.10 Å². The number of hydrogen-bond acceptors (Lipinski definition) is 5. The maximum absolute atomic E-state index is 12.1. The number of para-hydroxylation sites is 2. The number of anilines is 2. The molecule has 0 saturated heterocycles. The normalized spacial score (nSPS) is 11.4. The number of rotatable bonds is 5. The number of benzene rings is 2. The molecule has 0 heterocycles. The molecule has 1 unspecified atom stereocenters. The minimum Gasteiger partial charge on any atom is -0.495 e. The third kappa shape index (κ3) is 4.23. The fourth-order valence-corrected chi connectivity index (χ4v) is 1.88. The zero-order chi connectivity index (χ0) is 16.8. The molecule has 0 saturated carbocycles. The first kappa shape index (κ1) is 16.4. The van der Waals surface area contributed by atoms with Gasteiger partial charge in [-0.2, -0.15) is 0 Å². The van der Waals surface area contributed by atoms with Crippen LogP contribution in [-0.4, -0.2) is 25.1 Å². The Bertz CT molecular complexity index is 698. The Hall–Kier alpha value is -3.02. The molecule has 0 aromatic heterocycles. The van der Waals surface area contributed by atoms with Crippen molar-refractivity contribution in [1.82, 2.24) is 0 Å². The van der Waals surface area contributed by atoms with Gasteiger partial charge in [-0.1, -0.05) is 12.1 Å². The Morgan fingerprint density at radius 3 is 2.39 bits per heavy atom. The van der Waals surface area contributed by atoms with Crippen molar-refractivity contribution in [2.45, 2.75) is 13.0 Å². The topological polar surface area (TPSA) is 90.6 Å². The van der Waals surface area contributed by atoms with Gasteiger partial charge in [0.1, 0.15) is 5.75 Å². The summed E-state index contributed by atoms with van der Waals surface area (Å²) < 4.78 is 10.3. The summed E-state index contributed by atoms with van der Waals surface area (Å²) in [5.74, 6) is -0.510. The number of nitrogens with one attached hydrogen (secondary N) is 1. The molecule has 6 nitrogen and oxygen atoms in total. The molecule has 0 bridgehead atoms. The summed E-state index contributed by atoms with van der Waals surface area (Å²) >= 11 is 0. The molecule has 3 N–H and O–H groups in total. The molecule has 2 rings (SSSR count). The third-order valence-electron chi connectivity index (χ3n) is 3.16. The summed E-state index contributed by atoms with van der Waals surface area (Å²) in [5.41, 5.74) is 6.95. The van der Waals surface area contributed by atoms with Crippen LogP contribution in [0.25, 0.3) is 0 Å². The molecule has 0 aliphatic carbocycles. The molecule has 120 valence electrons. The lowest BCUT2D eigenvalue weighted by molar-refractivity contribution is -0.123. The van der Waals surface area contributed by atoms with Gasteiger partial charge in [0.25, 0.3) is 5.91 Å². The molecular weight excluding hydrogens is 296 g/mol. The molecule has 0 radical (unpaired) electrons. The van der Waals surface area contributed by atoms with Gasteiger partial charge >= 0.3 is 5.97 Å². The minimum absolute atomic E-state index is 0.330. The smallest absolute Gasteiger partial charge is 0.338 e. The second kappa shape index (κ2) is 7.31. The number of methoxy groups -OCH3 is 1. The highest BCUT2D eigenvalue weighted by Gasteiger charge is 2.20. The lowest BCUT2D eigenvalue weighted by atomic mass is 10.2. The van der Waals surface area contributed by atoms with E-state index < -0.39 is 18.0 Å². The number of carbonyl (C=O) groups is 2. The van der Waals surface area contributed by atoms with Crippen molar-refractivity contribution in [3.63, 3.8) is 0 Å². The quantitative estimate of drug-likeness (QED) is 0.653. The summed E-state index contributed by atoms with van der Waals surface area (Å²) in [6.45, 7) is 1.50. The summed E-state index contributed by atoms with van der Waals surface area (Å²) in [7, 11) is 1.51. The van der Waals surface area contributed by atoms with Gasteiger partial charge in [0.05, 0.1) is 18.4 Å². The molecule has 23 heavy (non-hydrogen) atoms. The van der Waals surface area contributed by atoms with Crippen molar-refractivity contribution in [1.29, 1.82) is 0 Å². The van der Waals surface area contributed by atoms with E-state index in [2.05, 4.69) is 5.32 Å². The van der Waals surface area contributed by atoms with Crippen LogP contribution in [0.5, 0.6) is 5.75 Å². The predicted octanol–water partition coefficient (Wildman–Crippen LogP) is 2.46. The molecule has 2 aromatic rings. The third-order valence-corrected chi connectivity index (χ3v) is 3.16. The lowest BCUT2D eigenvalue weighted by Gasteiger charge is -2.15. The number of esters is 1. The van der Waals surface area contributed by atoms with E-state index >= 15 is 0 Å². The first-order valence-corrected chi connectivity index (χ1v) is 7.01. The van der Waals surface area contributed by atoms with Crippen molar-refractivity contribution in [3.8, 4) is 5.75 Å². The SMILES string of the molecule is COc1ccccc1NC(=O)C(C)OC(=O)c1ccc(N)cc1. The zero-order valence-corrected chi connectivity index (χ0v) is 12.9. The van der Waals surface area contributed by atoms with Crippen LogP contribution in [0.1, 0.15) is 17.3 Å². The van der Waals surface area contributed by atoms with Crippen molar-refractivity contribution >= 4 is 23.3 Å². The number of ether oxygens (including phenoxy) is 2. The molecule has 0 aliphatic heterocycles. The van der Waals surface area contributed by atoms with Gasteiger partial charge in [-0.05, 0) is 43.3 Å². The van der Waals surface area contributed by atoms with Crippen LogP contribution in [0.15, 0.2) is 48.5 Å². The number of amides is 1. The molecule has 1 atom stereocenters. The highest BCUT2D eigenvalue weighted by Crippen LogP contribution is 2.23. The molecule has 1 amide bonds. The average Bonchev–Trinajstić information content (AvgIpc) is 2.55. The molecule has 0 spiro atoms. The average molecular weight is 314 g/mol. The van der Waals surface area contributed by atoms with Crippen LogP contribution in [-0.2, 0) is 9.53 Å². The van der Waals surface area contributed by atoms with Crippen molar-refractivity contribution in [2.24, 2.45) is 0 Å². The zero-order valence-electron chi connectivity index (χ0n) is 12.9. The van der Waals surface area contributed by atoms with Crippen LogP contribution in [0, 0.1) is 0 Å². The molecule has 0 aliphatic rings. The van der Waals surface area contributed by atoms with Crippen LogP contribution in [0.4, 0.5) is 11.4 Å². The summed E-state index contributed by atoms with van der Waals surface area (Å²) in [6, 6.07) is 13.3. The maximum atomic E-state index is 12.1. The van der Waals surface area contributed by atoms with Crippen LogP contribution in [0.2, 0.25) is 0 Å². The standard InChI is InChI=1S/C17H18N2O4/c1-11(23-17(21)12-7-9-13(18)10-8-12)16(20)19-14-5-3-4-6-15(14)22-2/h3-11H,18H2,1-2H3,(H,19,20). The predicted molar refractivity (Wildman–Crippen MR) is 87.4 cm³/mol. The highest BCUT2D eigenvalue weighted by molar-refractivity contribution is 5.98. The summed E-state index contributed by atoms with van der Waals surface area (Å²) in [4.78, 5) is 24.1. The van der Waals surface area contributed by atoms with Crippen molar-refractivity contribution in [2.75, 3.05) is 18.2 Å². The van der Waals surface area contributed by atoms with Crippen LogP contribution < -0.4 is 15.8 Å². The minimum atomic E-state index is -0.954. The van der Waals surface area contributed by atoms with E-state index in [0.29, 0.717) is 22.7 Å². The van der Waals surface area contributed by atoms with Crippen molar-refractivity contribution in [3.05, 3.63) is 54.1 Å². The van der Waals surface area contributed by atoms with Gasteiger partial charge in [0.2, 0.25) is 0 Å². The van der Waals surface area contributed by atoms with Crippen molar-refractivity contribution < 1.29 is 19.1 Å². The Morgan fingerprint density at radius 2 is 1.74 bits per heavy atom. The summed E-state index contributed by atoms with van der Waals surface area (Å²) in [5, 5.41) is 2.67. The second-order valence-corrected chi connectivity index (χ2v) is 4.86. The molecular formula is C17H18N2O4. The van der Waals surface area contributed by atoms with E-state index in [1.54, 1.807) is 48.5 Å². The van der Waals surface area contributed by atoms with Crippen LogP contribution in [0.3, 0.4) is 0 Å². The van der Waals surface area contributed by atoms with E-state index in [0.717, 1.165) is 0 Å². The van der Waals surface area contributed by atoms with E-state index in [-0.39, 0.29) is 0 Å². The van der Waals surface area contributed by atoms with Crippen LogP contribution >= 0.6 is 0 Å². The number of nitrogen functional groups attached to an aromatic ring is 1. The Morgan fingerprint density at radius 1 is 1.09 bits per heavy atom. The van der Waals surface area contributed by atoms with Gasteiger partial charge in [-0.25, -0.2) is 4.79 Å². The largest absolute Gasteiger partial charge is 0.495 e. The van der Waals surface area contributed by atoms with E-state index in [9.17, 15) is 9.59 Å². The van der Waals surface area contributed by atoms with Gasteiger partial charge in [-0.15, -0.1) is 0 Å². The van der Waals surface area contributed by atoms with E-state index in [1.807, 2.05) is 0 Å². The Kier molecular flexibility index (Phi) is 5.19. The maximum Gasteiger partial charge on any atom is 0.338 e. The fourth-order valence-electron chi connectivity index (χ4n) is 1.88. The lowest BCUT2D eigenvalue weighted by Crippen LogP contribution is -2.30. The fraction of sp³-hybridized carbons (Fsp3) is 0.176. The number of carbonyl (C=O) groups excluding carboxylic acids is 2. The number of nitrogens with two attached hydrogens (primary N) is 1. The van der Waals surface area contributed by atoms with Gasteiger partial charge < -0.3 is 20.5 Å². The van der Waals surface area contributed by atoms with E-state index in [1.165, 1.54) is 14.0 Å². The first-order valence-electron chi connectivity index (χ1n) is 7.01. The molecule has 6 heteroatoms. The first-order chi connectivity index (χ1) is 11.0. The summed E-state index contributed by atoms with van der Waals surface area (Å²) in [6.07, 6.45) is -0.954. The van der Waals surface area contributed by atoms with E-state index in [4.69, 9.17) is 15.2 Å². The number of hydrogen-bond donors (Lipinski definition) is 2. The van der Waals surface area contributed by atoms with Gasteiger partial charge in [-0.3, -0.25) is 4.79 Å². The Balaban J connectivity index is 1.99. The monoisotopic (exact) mass is 314 g/mol. The Labute approximate surface area is 134 Å². The highest BCUT2D eigenvalue weighted by atomic mass is 16.5.